The lowest BCUT2D eigenvalue weighted by molar-refractivity contribution is 0.0939. The number of rotatable bonds is 6. The Morgan fingerprint density at radius 1 is 1.14 bits per heavy atom. The minimum Gasteiger partial charge on any atom is -0.368 e. The molecule has 0 spiro atoms. The van der Waals surface area contributed by atoms with E-state index in [1.54, 1.807) is 4.68 Å². The van der Waals surface area contributed by atoms with Crippen LogP contribution >= 0.6 is 11.6 Å². The maximum absolute atomic E-state index is 13.4. The molecule has 1 N–H and O–H groups in total. The number of fused-ring (bicyclic) bond motifs is 2. The van der Waals surface area contributed by atoms with Gasteiger partial charge in [-0.15, -0.1) is 0 Å². The number of halogens is 1. The summed E-state index contributed by atoms with van der Waals surface area (Å²) < 4.78 is 1.77. The van der Waals surface area contributed by atoms with Crippen LogP contribution in [0.5, 0.6) is 0 Å². The van der Waals surface area contributed by atoms with Crippen molar-refractivity contribution in [3.8, 4) is 11.1 Å². The van der Waals surface area contributed by atoms with Crippen molar-refractivity contribution in [2.24, 2.45) is 7.05 Å². The Kier molecular flexibility index (Phi) is 6.60. The summed E-state index contributed by atoms with van der Waals surface area (Å²) in [6.07, 6.45) is 6.32. The second-order valence-electron chi connectivity index (χ2n) is 9.99. The number of hydrogen-bond donors (Lipinski definition) is 1. The number of benzene rings is 2. The zero-order chi connectivity index (χ0) is 24.7. The van der Waals surface area contributed by atoms with Crippen molar-refractivity contribution >= 4 is 23.2 Å². The van der Waals surface area contributed by atoms with Crippen LogP contribution in [0.3, 0.4) is 0 Å². The van der Waals surface area contributed by atoms with Gasteiger partial charge in [-0.3, -0.25) is 14.4 Å². The third-order valence-electron chi connectivity index (χ3n) is 7.64. The number of hydrogen-bond acceptors (Lipinski definition) is 4. The average molecular weight is 492 g/mol. The SMILES string of the molecule is CCN1[C@@H]2CC[C@H]1CN(c1ccc(C)c(C(=O)N[C@H](C)c3cc(Cl)cc(-c4cnn(C)c4)c3)c1)C2. The van der Waals surface area contributed by atoms with Crippen LogP contribution in [-0.2, 0) is 7.05 Å². The van der Waals surface area contributed by atoms with Gasteiger partial charge in [-0.1, -0.05) is 24.6 Å². The van der Waals surface area contributed by atoms with Crippen molar-refractivity contribution in [3.05, 3.63) is 70.5 Å². The molecule has 184 valence electrons. The maximum atomic E-state index is 13.4. The van der Waals surface area contributed by atoms with Gasteiger partial charge in [-0.05, 0) is 80.3 Å². The van der Waals surface area contributed by atoms with E-state index in [0.717, 1.165) is 53.1 Å². The van der Waals surface area contributed by atoms with Crippen molar-refractivity contribution in [1.29, 1.82) is 0 Å². The number of nitrogens with zero attached hydrogens (tertiary/aromatic N) is 4. The van der Waals surface area contributed by atoms with Crippen LogP contribution in [-0.4, -0.2) is 52.3 Å². The van der Waals surface area contributed by atoms with Gasteiger partial charge in [0.1, 0.15) is 0 Å². The third kappa shape index (κ3) is 4.82. The highest BCUT2D eigenvalue weighted by atomic mass is 35.5. The maximum Gasteiger partial charge on any atom is 0.252 e. The number of carbonyl (C=O) groups is 1. The van der Waals surface area contributed by atoms with Crippen LogP contribution in [0.4, 0.5) is 5.69 Å². The Balaban J connectivity index is 1.33. The molecule has 6 nitrogen and oxygen atoms in total. The van der Waals surface area contributed by atoms with Gasteiger partial charge in [0.25, 0.3) is 5.91 Å². The zero-order valence-electron chi connectivity index (χ0n) is 21.0. The van der Waals surface area contributed by atoms with Crippen LogP contribution in [0.25, 0.3) is 11.1 Å². The highest BCUT2D eigenvalue weighted by molar-refractivity contribution is 6.31. The predicted molar refractivity (Wildman–Crippen MR) is 142 cm³/mol. The molecule has 0 radical (unpaired) electrons. The summed E-state index contributed by atoms with van der Waals surface area (Å²) >= 11 is 6.44. The molecule has 35 heavy (non-hydrogen) atoms. The first-order valence-corrected chi connectivity index (χ1v) is 12.9. The number of aromatic nitrogens is 2. The van der Waals surface area contributed by atoms with Gasteiger partial charge >= 0.3 is 0 Å². The Morgan fingerprint density at radius 2 is 1.89 bits per heavy atom. The predicted octanol–water partition coefficient (Wildman–Crippen LogP) is 5.21. The molecule has 5 rings (SSSR count). The molecule has 3 aromatic rings. The Labute approximate surface area is 212 Å². The zero-order valence-corrected chi connectivity index (χ0v) is 21.7. The molecule has 2 aromatic carbocycles. The topological polar surface area (TPSA) is 53.4 Å². The Hall–Kier alpha value is -2.83. The molecule has 0 unspecified atom stereocenters. The third-order valence-corrected chi connectivity index (χ3v) is 7.85. The van der Waals surface area contributed by atoms with Gasteiger partial charge in [0.15, 0.2) is 0 Å². The first-order valence-electron chi connectivity index (χ1n) is 12.5. The van der Waals surface area contributed by atoms with Gasteiger partial charge in [0, 0.05) is 60.3 Å². The summed E-state index contributed by atoms with van der Waals surface area (Å²) in [7, 11) is 1.89. The van der Waals surface area contributed by atoms with Gasteiger partial charge in [0.05, 0.1) is 12.2 Å². The number of carbonyl (C=O) groups excluding carboxylic acids is 1. The van der Waals surface area contributed by atoms with Crippen molar-refractivity contribution in [1.82, 2.24) is 20.0 Å². The van der Waals surface area contributed by atoms with Gasteiger partial charge in [-0.2, -0.15) is 5.10 Å². The highest BCUT2D eigenvalue weighted by Crippen LogP contribution is 2.33. The normalized spacial score (nSPS) is 20.8. The van der Waals surface area contributed by atoms with E-state index < -0.39 is 0 Å². The van der Waals surface area contributed by atoms with Crippen LogP contribution in [0.2, 0.25) is 5.02 Å². The lowest BCUT2D eigenvalue weighted by Gasteiger charge is -2.41. The molecule has 3 atom stereocenters. The van der Waals surface area contributed by atoms with Crippen LogP contribution in [0, 0.1) is 6.92 Å². The quantitative estimate of drug-likeness (QED) is 0.514. The van der Waals surface area contributed by atoms with Crippen LogP contribution in [0.1, 0.15) is 54.2 Å². The van der Waals surface area contributed by atoms with Crippen LogP contribution in [0.15, 0.2) is 48.8 Å². The number of amides is 1. The summed E-state index contributed by atoms with van der Waals surface area (Å²) in [5.74, 6) is -0.0603. The van der Waals surface area contributed by atoms with Gasteiger partial charge < -0.3 is 10.2 Å². The van der Waals surface area contributed by atoms with Crippen molar-refractivity contribution in [3.63, 3.8) is 0 Å². The molecule has 1 aromatic heterocycles. The number of aryl methyl sites for hydroxylation is 2. The Bertz CT molecular complexity index is 1220. The summed E-state index contributed by atoms with van der Waals surface area (Å²) in [6, 6.07) is 13.3. The van der Waals surface area contributed by atoms with Crippen molar-refractivity contribution in [2.45, 2.75) is 51.7 Å². The summed E-state index contributed by atoms with van der Waals surface area (Å²) in [6.45, 7) is 9.44. The standard InChI is InChI=1S/C28H34ClN5O/c1-5-34-25-8-9-26(34)17-33(16-25)24-7-6-18(2)27(13-24)28(35)31-19(3)20-10-21(12-23(29)11-20)22-14-30-32(4)15-22/h6-7,10-15,19,25-26H,5,8-9,16-17H2,1-4H3,(H,31,35)/t19-,25-,26+/m1/s1. The van der Waals surface area contributed by atoms with E-state index in [4.69, 9.17) is 11.6 Å². The highest BCUT2D eigenvalue weighted by Gasteiger charge is 2.39. The van der Waals surface area contributed by atoms with E-state index in [1.165, 1.54) is 12.8 Å². The lowest BCUT2D eigenvalue weighted by atomic mass is 10.0. The smallest absolute Gasteiger partial charge is 0.252 e. The fourth-order valence-corrected chi connectivity index (χ4v) is 5.97. The molecular weight excluding hydrogens is 458 g/mol. The second-order valence-corrected chi connectivity index (χ2v) is 10.4. The largest absolute Gasteiger partial charge is 0.368 e. The average Bonchev–Trinajstić information content (AvgIpc) is 3.38. The molecule has 3 heterocycles. The number of anilines is 1. The lowest BCUT2D eigenvalue weighted by Crippen LogP contribution is -2.53. The first kappa shape index (κ1) is 23.9. The van der Waals surface area contributed by atoms with E-state index in [2.05, 4.69) is 51.4 Å². The number of nitrogens with one attached hydrogen (secondary N) is 1. The molecule has 0 aliphatic carbocycles. The number of piperazine rings is 1. The van der Waals surface area contributed by atoms with E-state index in [1.807, 2.05) is 45.4 Å². The minimum absolute atomic E-state index is 0.0603. The van der Waals surface area contributed by atoms with E-state index in [-0.39, 0.29) is 11.9 Å². The molecule has 2 saturated heterocycles. The number of likely N-dealkylation sites (N-methyl/N-ethyl adjacent to an activating group) is 1. The Morgan fingerprint density at radius 3 is 2.54 bits per heavy atom. The second kappa shape index (κ2) is 9.67. The molecule has 2 fully saturated rings. The van der Waals surface area contributed by atoms with Crippen molar-refractivity contribution in [2.75, 3.05) is 24.5 Å². The minimum atomic E-state index is -0.191. The van der Waals surface area contributed by atoms with Gasteiger partial charge in [-0.25, -0.2) is 0 Å². The van der Waals surface area contributed by atoms with Crippen molar-refractivity contribution < 1.29 is 4.79 Å². The molecular formula is C28H34ClN5O. The summed E-state index contributed by atoms with van der Waals surface area (Å²) in [5.41, 5.74) is 5.80. The molecule has 2 aliphatic heterocycles. The van der Waals surface area contributed by atoms with E-state index in [9.17, 15) is 4.79 Å². The molecule has 7 heteroatoms. The summed E-state index contributed by atoms with van der Waals surface area (Å²) in [4.78, 5) is 18.5. The van der Waals surface area contributed by atoms with E-state index in [0.29, 0.717) is 17.1 Å². The fraction of sp³-hybridized carbons (Fsp3) is 0.429. The van der Waals surface area contributed by atoms with Gasteiger partial charge in [0.2, 0.25) is 0 Å². The fourth-order valence-electron chi connectivity index (χ4n) is 5.73. The molecule has 0 saturated carbocycles. The molecule has 1 amide bonds. The molecule has 2 bridgehead atoms. The monoisotopic (exact) mass is 491 g/mol. The summed E-state index contributed by atoms with van der Waals surface area (Å²) in [5, 5.41) is 8.10. The molecule has 2 aliphatic rings. The first-order chi connectivity index (χ1) is 16.8. The van der Waals surface area contributed by atoms with Crippen LogP contribution < -0.4 is 10.2 Å². The van der Waals surface area contributed by atoms with E-state index >= 15 is 0 Å².